The molecule has 1 aliphatic heterocycles. The summed E-state index contributed by atoms with van der Waals surface area (Å²) >= 11 is 0. The third kappa shape index (κ3) is 3.69. The molecule has 2 heterocycles. The van der Waals surface area contributed by atoms with Crippen LogP contribution in [0.1, 0.15) is 30.3 Å². The van der Waals surface area contributed by atoms with Crippen LogP contribution in [-0.4, -0.2) is 34.7 Å². The number of hydrogen-bond acceptors (Lipinski definition) is 5. The summed E-state index contributed by atoms with van der Waals surface area (Å²) in [5.74, 6) is 1.73. The standard InChI is InChI=1S/C21H22N4O3/c1-14-5-3-6-16(13-14)22-21(26)25-12-4-7-18(25)20-23-19(24-28-20)15-8-10-17(27-2)11-9-15/h3,5-6,8-11,13,18H,4,7,12H2,1-2H3,(H,22,26). The van der Waals surface area contributed by atoms with Crippen LogP contribution in [0.15, 0.2) is 53.1 Å². The van der Waals surface area contributed by atoms with E-state index in [1.54, 1.807) is 12.0 Å². The summed E-state index contributed by atoms with van der Waals surface area (Å²) in [6.45, 7) is 2.65. The molecule has 3 aromatic rings. The zero-order chi connectivity index (χ0) is 19.5. The largest absolute Gasteiger partial charge is 0.497 e. The van der Waals surface area contributed by atoms with Gasteiger partial charge in [-0.25, -0.2) is 4.79 Å². The number of benzene rings is 2. The fourth-order valence-electron chi connectivity index (χ4n) is 3.41. The number of carbonyl (C=O) groups excluding carboxylic acids is 1. The molecule has 4 rings (SSSR count). The molecule has 1 atom stereocenters. The van der Waals surface area contributed by atoms with Gasteiger partial charge in [0, 0.05) is 17.8 Å². The van der Waals surface area contributed by atoms with E-state index >= 15 is 0 Å². The summed E-state index contributed by atoms with van der Waals surface area (Å²) in [5, 5.41) is 7.05. The van der Waals surface area contributed by atoms with Gasteiger partial charge >= 0.3 is 6.03 Å². The van der Waals surface area contributed by atoms with Crippen LogP contribution < -0.4 is 10.1 Å². The molecule has 0 saturated carbocycles. The zero-order valence-electron chi connectivity index (χ0n) is 15.9. The lowest BCUT2D eigenvalue weighted by Gasteiger charge is -2.22. The van der Waals surface area contributed by atoms with Gasteiger partial charge in [0.1, 0.15) is 11.8 Å². The van der Waals surface area contributed by atoms with Gasteiger partial charge in [0.25, 0.3) is 0 Å². The van der Waals surface area contributed by atoms with E-state index in [9.17, 15) is 4.79 Å². The molecule has 1 aromatic heterocycles. The topological polar surface area (TPSA) is 80.5 Å². The van der Waals surface area contributed by atoms with Crippen molar-refractivity contribution in [3.05, 3.63) is 60.0 Å². The molecule has 2 amide bonds. The van der Waals surface area contributed by atoms with Crippen LogP contribution in [0.3, 0.4) is 0 Å². The van der Waals surface area contributed by atoms with Gasteiger partial charge in [-0.2, -0.15) is 4.98 Å². The average molecular weight is 378 g/mol. The van der Waals surface area contributed by atoms with E-state index in [4.69, 9.17) is 9.26 Å². The Morgan fingerprint density at radius 1 is 1.25 bits per heavy atom. The Bertz CT molecular complexity index is 968. The van der Waals surface area contributed by atoms with E-state index in [-0.39, 0.29) is 12.1 Å². The van der Waals surface area contributed by atoms with Crippen LogP contribution in [0.25, 0.3) is 11.4 Å². The van der Waals surface area contributed by atoms with Crippen LogP contribution in [0.4, 0.5) is 10.5 Å². The summed E-state index contributed by atoms with van der Waals surface area (Å²) in [5.41, 5.74) is 2.71. The number of nitrogens with one attached hydrogen (secondary N) is 1. The van der Waals surface area contributed by atoms with Crippen LogP contribution in [-0.2, 0) is 0 Å². The number of urea groups is 1. The molecule has 1 saturated heterocycles. The van der Waals surface area contributed by atoms with Crippen LogP contribution in [0.5, 0.6) is 5.75 Å². The lowest BCUT2D eigenvalue weighted by atomic mass is 10.2. The van der Waals surface area contributed by atoms with E-state index in [2.05, 4.69) is 15.5 Å². The van der Waals surface area contributed by atoms with E-state index in [0.717, 1.165) is 35.4 Å². The number of rotatable bonds is 4. The van der Waals surface area contributed by atoms with Gasteiger partial charge in [0.2, 0.25) is 11.7 Å². The van der Waals surface area contributed by atoms with Crippen LogP contribution in [0, 0.1) is 6.92 Å². The third-order valence-electron chi connectivity index (χ3n) is 4.86. The summed E-state index contributed by atoms with van der Waals surface area (Å²) in [6.07, 6.45) is 1.69. The van der Waals surface area contributed by atoms with Crippen LogP contribution in [0.2, 0.25) is 0 Å². The molecule has 2 aromatic carbocycles. The van der Waals surface area contributed by atoms with Gasteiger partial charge in [-0.05, 0) is 61.7 Å². The monoisotopic (exact) mass is 378 g/mol. The highest BCUT2D eigenvalue weighted by Gasteiger charge is 2.34. The molecule has 7 heteroatoms. The molecule has 1 unspecified atom stereocenters. The van der Waals surface area contributed by atoms with Gasteiger partial charge in [0.05, 0.1) is 7.11 Å². The normalized spacial score (nSPS) is 16.2. The van der Waals surface area contributed by atoms with E-state index in [1.807, 2.05) is 55.5 Å². The molecule has 7 nitrogen and oxygen atoms in total. The van der Waals surface area contributed by atoms with E-state index in [1.165, 1.54) is 0 Å². The van der Waals surface area contributed by atoms with Crippen molar-refractivity contribution in [1.29, 1.82) is 0 Å². The molecular formula is C21H22N4O3. The minimum atomic E-state index is -0.218. The van der Waals surface area contributed by atoms with Crippen molar-refractivity contribution in [3.8, 4) is 17.1 Å². The Morgan fingerprint density at radius 2 is 2.07 bits per heavy atom. The van der Waals surface area contributed by atoms with Crippen molar-refractivity contribution in [2.75, 3.05) is 19.0 Å². The van der Waals surface area contributed by atoms with Gasteiger partial charge in [-0.3, -0.25) is 0 Å². The number of anilines is 1. The van der Waals surface area contributed by atoms with Crippen molar-refractivity contribution in [2.45, 2.75) is 25.8 Å². The number of aryl methyl sites for hydroxylation is 1. The summed E-state index contributed by atoms with van der Waals surface area (Å²) in [6, 6.07) is 14.8. The number of hydrogen-bond donors (Lipinski definition) is 1. The Kier molecular flexibility index (Phi) is 4.97. The summed E-state index contributed by atoms with van der Waals surface area (Å²) in [4.78, 5) is 19.1. The molecule has 1 N–H and O–H groups in total. The molecular weight excluding hydrogens is 356 g/mol. The minimum absolute atomic E-state index is 0.155. The van der Waals surface area contributed by atoms with Crippen molar-refractivity contribution in [3.63, 3.8) is 0 Å². The smallest absolute Gasteiger partial charge is 0.322 e. The minimum Gasteiger partial charge on any atom is -0.497 e. The molecule has 0 aliphatic carbocycles. The summed E-state index contributed by atoms with van der Waals surface area (Å²) < 4.78 is 10.7. The Hall–Kier alpha value is -3.35. The van der Waals surface area contributed by atoms with Crippen molar-refractivity contribution in [1.82, 2.24) is 15.0 Å². The number of methoxy groups -OCH3 is 1. The first-order valence-corrected chi connectivity index (χ1v) is 9.26. The Morgan fingerprint density at radius 3 is 2.82 bits per heavy atom. The van der Waals surface area contributed by atoms with Crippen molar-refractivity contribution < 1.29 is 14.1 Å². The SMILES string of the molecule is COc1ccc(-c2noc(C3CCCN3C(=O)Nc3cccc(C)c3)n2)cc1. The van der Waals surface area contributed by atoms with Crippen molar-refractivity contribution >= 4 is 11.7 Å². The van der Waals surface area contributed by atoms with Gasteiger partial charge in [-0.1, -0.05) is 17.3 Å². The quantitative estimate of drug-likeness (QED) is 0.727. The summed E-state index contributed by atoms with van der Waals surface area (Å²) in [7, 11) is 1.62. The van der Waals surface area contributed by atoms with Crippen LogP contribution >= 0.6 is 0 Å². The second-order valence-corrected chi connectivity index (χ2v) is 6.84. The molecule has 144 valence electrons. The van der Waals surface area contributed by atoms with Gasteiger partial charge in [0.15, 0.2) is 0 Å². The number of amides is 2. The second-order valence-electron chi connectivity index (χ2n) is 6.84. The molecule has 1 aliphatic rings. The van der Waals surface area contributed by atoms with Crippen molar-refractivity contribution in [2.24, 2.45) is 0 Å². The predicted octanol–water partition coefficient (Wildman–Crippen LogP) is 4.42. The first kappa shape index (κ1) is 18.0. The van der Waals surface area contributed by atoms with E-state index < -0.39 is 0 Å². The fraction of sp³-hybridized carbons (Fsp3) is 0.286. The lowest BCUT2D eigenvalue weighted by Crippen LogP contribution is -2.34. The third-order valence-corrected chi connectivity index (χ3v) is 4.86. The first-order chi connectivity index (χ1) is 13.6. The average Bonchev–Trinajstić information content (AvgIpc) is 3.37. The highest BCUT2D eigenvalue weighted by Crippen LogP contribution is 2.32. The molecule has 0 spiro atoms. The number of aromatic nitrogens is 2. The maximum atomic E-state index is 12.8. The highest BCUT2D eigenvalue weighted by atomic mass is 16.5. The first-order valence-electron chi connectivity index (χ1n) is 9.26. The number of nitrogens with zero attached hydrogens (tertiary/aromatic N) is 3. The number of carbonyl (C=O) groups is 1. The van der Waals surface area contributed by atoms with Gasteiger partial charge in [-0.15, -0.1) is 0 Å². The van der Waals surface area contributed by atoms with Gasteiger partial charge < -0.3 is 19.5 Å². The Balaban J connectivity index is 1.50. The molecule has 0 bridgehead atoms. The maximum Gasteiger partial charge on any atom is 0.322 e. The molecule has 28 heavy (non-hydrogen) atoms. The number of likely N-dealkylation sites (tertiary alicyclic amines) is 1. The number of ether oxygens (including phenoxy) is 1. The molecule has 1 fully saturated rings. The Labute approximate surface area is 163 Å². The fourth-order valence-corrected chi connectivity index (χ4v) is 3.41. The molecule has 0 radical (unpaired) electrons. The lowest BCUT2D eigenvalue weighted by molar-refractivity contribution is 0.193. The maximum absolute atomic E-state index is 12.8. The zero-order valence-corrected chi connectivity index (χ0v) is 15.9. The second kappa shape index (κ2) is 7.72. The highest BCUT2D eigenvalue weighted by molar-refractivity contribution is 5.89. The predicted molar refractivity (Wildman–Crippen MR) is 105 cm³/mol. The van der Waals surface area contributed by atoms with E-state index in [0.29, 0.717) is 18.3 Å².